The third-order valence-corrected chi connectivity index (χ3v) is 4.29. The van der Waals surface area contributed by atoms with Gasteiger partial charge in [-0.25, -0.2) is 4.39 Å². The number of aliphatic imine (C=N–C) groups is 1. The Hall–Kier alpha value is -1.59. The van der Waals surface area contributed by atoms with Gasteiger partial charge < -0.3 is 11.1 Å². The molecule has 0 amide bonds. The molecule has 1 fully saturated rings. The lowest BCUT2D eigenvalue weighted by Crippen LogP contribution is -2.32. The number of hydrogen-bond acceptors (Lipinski definition) is 2. The van der Waals surface area contributed by atoms with Crippen molar-refractivity contribution < 1.29 is 4.39 Å². The number of likely N-dealkylation sites (tertiary alicyclic amines) is 1. The third-order valence-electron chi connectivity index (χ3n) is 3.98. The monoisotopic (exact) mass is 324 g/mol. The molecule has 0 bridgehead atoms. The van der Waals surface area contributed by atoms with E-state index in [1.54, 1.807) is 12.1 Å². The van der Waals surface area contributed by atoms with Gasteiger partial charge in [0.15, 0.2) is 5.96 Å². The minimum absolute atomic E-state index is 0.128. The summed E-state index contributed by atoms with van der Waals surface area (Å²) in [6, 6.07) is 5.14. The predicted molar refractivity (Wildman–Crippen MR) is 89.6 cm³/mol. The topological polar surface area (TPSA) is 53.6 Å². The first kappa shape index (κ1) is 16.8. The minimum atomic E-state index is -0.381. The molecule has 0 spiro atoms. The third kappa shape index (κ3) is 3.99. The van der Waals surface area contributed by atoms with E-state index in [0.717, 1.165) is 18.5 Å². The Kier molecular flexibility index (Phi) is 5.80. The molecular weight excluding hydrogens is 303 g/mol. The zero-order valence-electron chi connectivity index (χ0n) is 12.7. The van der Waals surface area contributed by atoms with Crippen LogP contribution in [0.4, 0.5) is 4.39 Å². The molecule has 0 aliphatic carbocycles. The van der Waals surface area contributed by atoms with Gasteiger partial charge in [0.2, 0.25) is 0 Å². The van der Waals surface area contributed by atoms with Crippen LogP contribution in [0, 0.1) is 11.7 Å². The number of nitrogens with two attached hydrogens (primary N) is 1. The van der Waals surface area contributed by atoms with E-state index in [4.69, 9.17) is 17.3 Å². The Labute approximate surface area is 135 Å². The molecule has 22 heavy (non-hydrogen) atoms. The molecule has 1 aliphatic heterocycles. The molecule has 6 heteroatoms. The van der Waals surface area contributed by atoms with Crippen molar-refractivity contribution in [3.8, 4) is 0 Å². The maximum atomic E-state index is 13.7. The summed E-state index contributed by atoms with van der Waals surface area (Å²) in [6.45, 7) is 5.77. The molecule has 1 aromatic carbocycles. The molecule has 3 N–H and O–H groups in total. The summed E-state index contributed by atoms with van der Waals surface area (Å²) in [7, 11) is 2.04. The van der Waals surface area contributed by atoms with E-state index in [2.05, 4.69) is 21.8 Å². The minimum Gasteiger partial charge on any atom is -0.370 e. The normalized spacial score (nSPS) is 22.8. The summed E-state index contributed by atoms with van der Waals surface area (Å²) in [5, 5.41) is 3.11. The number of guanidine groups is 1. The summed E-state index contributed by atoms with van der Waals surface area (Å²) in [5.41, 5.74) is 6.73. The fourth-order valence-corrected chi connectivity index (χ4v) is 3.01. The lowest BCUT2D eigenvalue weighted by Gasteiger charge is -2.25. The molecule has 2 unspecified atom stereocenters. The van der Waals surface area contributed by atoms with Gasteiger partial charge in [0.05, 0.1) is 5.02 Å². The van der Waals surface area contributed by atoms with Crippen LogP contribution in [0.5, 0.6) is 0 Å². The maximum Gasteiger partial charge on any atom is 0.188 e. The molecule has 0 aromatic heterocycles. The van der Waals surface area contributed by atoms with Gasteiger partial charge in [-0.2, -0.15) is 0 Å². The number of nitrogens with zero attached hydrogens (tertiary/aromatic N) is 2. The first-order valence-electron chi connectivity index (χ1n) is 7.32. The van der Waals surface area contributed by atoms with Crippen molar-refractivity contribution in [3.05, 3.63) is 47.3 Å². The Morgan fingerprint density at radius 2 is 2.41 bits per heavy atom. The van der Waals surface area contributed by atoms with Crippen LogP contribution in [0.15, 0.2) is 35.8 Å². The largest absolute Gasteiger partial charge is 0.370 e. The van der Waals surface area contributed by atoms with Crippen molar-refractivity contribution >= 4 is 17.6 Å². The van der Waals surface area contributed by atoms with Gasteiger partial charge in [-0.3, -0.25) is 9.89 Å². The lowest BCUT2D eigenvalue weighted by molar-refractivity contribution is 0.279. The van der Waals surface area contributed by atoms with Gasteiger partial charge in [0.25, 0.3) is 0 Å². The van der Waals surface area contributed by atoms with E-state index >= 15 is 0 Å². The van der Waals surface area contributed by atoms with Crippen molar-refractivity contribution in [2.24, 2.45) is 16.6 Å². The summed E-state index contributed by atoms with van der Waals surface area (Å²) in [4.78, 5) is 6.60. The Balaban J connectivity index is 2.10. The van der Waals surface area contributed by atoms with Gasteiger partial charge in [-0.1, -0.05) is 23.7 Å². The highest BCUT2D eigenvalue weighted by Gasteiger charge is 2.33. The van der Waals surface area contributed by atoms with Crippen molar-refractivity contribution in [3.63, 3.8) is 0 Å². The number of benzene rings is 1. The lowest BCUT2D eigenvalue weighted by atomic mass is 9.94. The van der Waals surface area contributed by atoms with Crippen molar-refractivity contribution in [2.75, 3.05) is 26.7 Å². The van der Waals surface area contributed by atoms with E-state index in [0.29, 0.717) is 25.0 Å². The Morgan fingerprint density at radius 3 is 3.09 bits per heavy atom. The molecule has 4 nitrogen and oxygen atoms in total. The van der Waals surface area contributed by atoms with Crippen molar-refractivity contribution in [1.29, 1.82) is 0 Å². The molecule has 0 saturated carbocycles. The molecule has 1 saturated heterocycles. The molecule has 1 aliphatic rings. The van der Waals surface area contributed by atoms with E-state index in [1.165, 1.54) is 6.07 Å². The Morgan fingerprint density at radius 1 is 1.64 bits per heavy atom. The smallest absolute Gasteiger partial charge is 0.188 e. The van der Waals surface area contributed by atoms with Crippen LogP contribution >= 0.6 is 11.6 Å². The van der Waals surface area contributed by atoms with Crippen LogP contribution in [-0.2, 0) is 0 Å². The quantitative estimate of drug-likeness (QED) is 0.497. The second-order valence-corrected chi connectivity index (χ2v) is 5.95. The first-order valence-corrected chi connectivity index (χ1v) is 7.70. The van der Waals surface area contributed by atoms with E-state index < -0.39 is 0 Å². The molecule has 120 valence electrons. The molecule has 2 rings (SSSR count). The summed E-state index contributed by atoms with van der Waals surface area (Å²) in [5.74, 6) is 0.332. The first-order chi connectivity index (χ1) is 10.5. The van der Waals surface area contributed by atoms with Gasteiger partial charge in [-0.15, -0.1) is 6.58 Å². The zero-order chi connectivity index (χ0) is 16.1. The van der Waals surface area contributed by atoms with E-state index in [9.17, 15) is 4.39 Å². The summed E-state index contributed by atoms with van der Waals surface area (Å²) < 4.78 is 13.7. The van der Waals surface area contributed by atoms with Crippen LogP contribution in [0.1, 0.15) is 18.0 Å². The fraction of sp³-hybridized carbons (Fsp3) is 0.438. The highest BCUT2D eigenvalue weighted by molar-refractivity contribution is 6.30. The van der Waals surface area contributed by atoms with Crippen LogP contribution in [0.2, 0.25) is 5.02 Å². The maximum absolute atomic E-state index is 13.7. The van der Waals surface area contributed by atoms with Gasteiger partial charge in [-0.05, 0) is 43.6 Å². The number of halogens is 2. The van der Waals surface area contributed by atoms with Crippen molar-refractivity contribution in [2.45, 2.75) is 12.5 Å². The fourth-order valence-electron chi connectivity index (χ4n) is 2.89. The molecule has 0 radical (unpaired) electrons. The van der Waals surface area contributed by atoms with Crippen LogP contribution in [0.25, 0.3) is 0 Å². The number of hydrogen-bond donors (Lipinski definition) is 2. The van der Waals surface area contributed by atoms with E-state index in [1.807, 2.05) is 13.1 Å². The van der Waals surface area contributed by atoms with Gasteiger partial charge in [0, 0.05) is 19.1 Å². The second-order valence-electron chi connectivity index (χ2n) is 5.54. The number of nitrogens with one attached hydrogen (secondary N) is 1. The Bertz CT molecular complexity index is 561. The molecule has 1 heterocycles. The highest BCUT2D eigenvalue weighted by Crippen LogP contribution is 2.37. The SMILES string of the molecule is C=CCNC(N)=NCC1CCN(C)C1c1ccc(Cl)c(F)c1. The number of rotatable bonds is 5. The average molecular weight is 325 g/mol. The zero-order valence-corrected chi connectivity index (χ0v) is 13.5. The molecule has 2 atom stereocenters. The highest BCUT2D eigenvalue weighted by atomic mass is 35.5. The second kappa shape index (κ2) is 7.61. The standard InChI is InChI=1S/C16H22ClFN4/c1-3-7-20-16(19)21-10-12-6-8-22(2)15(12)11-4-5-13(17)14(18)9-11/h3-5,9,12,15H,1,6-8,10H2,2H3,(H3,19,20,21). The van der Waals surface area contributed by atoms with Crippen LogP contribution in [0.3, 0.4) is 0 Å². The van der Waals surface area contributed by atoms with Crippen molar-refractivity contribution in [1.82, 2.24) is 10.2 Å². The van der Waals surface area contributed by atoms with E-state index in [-0.39, 0.29) is 16.9 Å². The van der Waals surface area contributed by atoms with Gasteiger partial charge in [0.1, 0.15) is 5.82 Å². The summed E-state index contributed by atoms with van der Waals surface area (Å²) in [6.07, 6.45) is 2.73. The van der Waals surface area contributed by atoms with Crippen LogP contribution < -0.4 is 11.1 Å². The molecular formula is C16H22ClFN4. The van der Waals surface area contributed by atoms with Gasteiger partial charge >= 0.3 is 0 Å². The average Bonchev–Trinajstić information content (AvgIpc) is 2.87. The predicted octanol–water partition coefficient (Wildman–Crippen LogP) is 2.56. The summed E-state index contributed by atoms with van der Waals surface area (Å²) >= 11 is 5.77. The molecule has 1 aromatic rings. The van der Waals surface area contributed by atoms with Crippen LogP contribution in [-0.4, -0.2) is 37.5 Å².